The summed E-state index contributed by atoms with van der Waals surface area (Å²) in [5.74, 6) is -1.06. The molecule has 15 heteroatoms. The minimum Gasteiger partial charge on any atom is -0.495 e. The van der Waals surface area contributed by atoms with E-state index in [0.717, 1.165) is 10.6 Å². The molecule has 2 aromatic rings. The van der Waals surface area contributed by atoms with Crippen molar-refractivity contribution in [2.45, 2.75) is 49.5 Å². The minimum absolute atomic E-state index is 0.0192. The molecule has 40 heavy (non-hydrogen) atoms. The zero-order valence-corrected chi connectivity index (χ0v) is 25.4. The quantitative estimate of drug-likeness (QED) is 0.470. The lowest BCUT2D eigenvalue weighted by atomic mass is 9.96. The SMILES string of the molecule is COc1ccc(Cl)cc1S(=O)(=O)N1CC(NS(C)(=O)=O)C(=O)N2C(Cc3ccc(Cl)cc3)C(=O)N(C(C)C)CC21. The molecule has 0 bridgehead atoms. The normalized spacial score (nSPS) is 22.5. The van der Waals surface area contributed by atoms with Crippen molar-refractivity contribution in [3.05, 3.63) is 58.1 Å². The lowest BCUT2D eigenvalue weighted by Gasteiger charge is -2.54. The van der Waals surface area contributed by atoms with Crippen LogP contribution in [0.2, 0.25) is 10.0 Å². The number of halogens is 2. The molecule has 0 radical (unpaired) electrons. The van der Waals surface area contributed by atoms with Gasteiger partial charge in [0.05, 0.1) is 19.9 Å². The number of benzene rings is 2. The summed E-state index contributed by atoms with van der Waals surface area (Å²) in [5.41, 5.74) is 0.684. The van der Waals surface area contributed by atoms with Crippen LogP contribution >= 0.6 is 23.2 Å². The number of ether oxygens (including phenoxy) is 1. The Labute approximate surface area is 244 Å². The van der Waals surface area contributed by atoms with E-state index in [4.69, 9.17) is 27.9 Å². The van der Waals surface area contributed by atoms with Gasteiger partial charge in [0, 0.05) is 29.1 Å². The molecule has 4 rings (SSSR count). The van der Waals surface area contributed by atoms with Gasteiger partial charge in [-0.1, -0.05) is 35.3 Å². The third-order valence-electron chi connectivity index (χ3n) is 6.87. The summed E-state index contributed by atoms with van der Waals surface area (Å²) < 4.78 is 61.4. The first-order chi connectivity index (χ1) is 18.6. The van der Waals surface area contributed by atoms with Crippen molar-refractivity contribution >= 4 is 55.1 Å². The molecule has 3 unspecified atom stereocenters. The summed E-state index contributed by atoms with van der Waals surface area (Å²) in [6.07, 6.45) is -0.198. The monoisotopic (exact) mass is 632 g/mol. The summed E-state index contributed by atoms with van der Waals surface area (Å²) in [4.78, 5) is 30.1. The van der Waals surface area contributed by atoms with Gasteiger partial charge in [0.2, 0.25) is 31.9 Å². The minimum atomic E-state index is -4.44. The van der Waals surface area contributed by atoms with Crippen molar-refractivity contribution in [3.63, 3.8) is 0 Å². The predicted octanol–water partition coefficient (Wildman–Crippen LogP) is 1.94. The number of nitrogens with one attached hydrogen (secondary N) is 1. The van der Waals surface area contributed by atoms with Crippen LogP contribution in [0.5, 0.6) is 5.75 Å². The van der Waals surface area contributed by atoms with Crippen LogP contribution in [0, 0.1) is 0 Å². The number of piperazine rings is 1. The summed E-state index contributed by atoms with van der Waals surface area (Å²) in [7, 11) is -7.07. The molecule has 2 aliphatic rings. The van der Waals surface area contributed by atoms with E-state index >= 15 is 0 Å². The molecule has 2 aliphatic heterocycles. The molecule has 0 spiro atoms. The second-order valence-electron chi connectivity index (χ2n) is 9.97. The fourth-order valence-electron chi connectivity index (χ4n) is 5.04. The second-order valence-corrected chi connectivity index (χ2v) is 14.5. The number of hydrogen-bond donors (Lipinski definition) is 1. The van der Waals surface area contributed by atoms with Gasteiger partial charge in [-0.05, 0) is 49.7 Å². The average molecular weight is 634 g/mol. The maximum Gasteiger partial charge on any atom is 0.248 e. The Hall–Kier alpha value is -2.42. The van der Waals surface area contributed by atoms with Gasteiger partial charge in [-0.2, -0.15) is 4.31 Å². The Morgan fingerprint density at radius 1 is 0.975 bits per heavy atom. The summed E-state index contributed by atoms with van der Waals surface area (Å²) in [6.45, 7) is 2.97. The number of rotatable bonds is 8. The predicted molar refractivity (Wildman–Crippen MR) is 150 cm³/mol. The molecule has 2 heterocycles. The molecule has 11 nitrogen and oxygen atoms in total. The molecule has 1 N–H and O–H groups in total. The van der Waals surface area contributed by atoms with Crippen molar-refractivity contribution in [2.75, 3.05) is 26.5 Å². The number of amides is 2. The van der Waals surface area contributed by atoms with Gasteiger partial charge in [-0.25, -0.2) is 21.6 Å². The molecule has 2 saturated heterocycles. The Balaban J connectivity index is 1.88. The molecule has 2 aromatic carbocycles. The van der Waals surface area contributed by atoms with E-state index in [2.05, 4.69) is 4.72 Å². The Morgan fingerprint density at radius 2 is 1.60 bits per heavy atom. The molecular formula is C25H30Cl2N4O7S2. The number of sulfonamides is 2. The summed E-state index contributed by atoms with van der Waals surface area (Å²) in [6, 6.07) is 7.94. The van der Waals surface area contributed by atoms with Crippen molar-refractivity contribution in [1.29, 1.82) is 0 Å². The fourth-order valence-corrected chi connectivity index (χ4v) is 7.86. The van der Waals surface area contributed by atoms with Gasteiger partial charge < -0.3 is 14.5 Å². The number of carbonyl (C=O) groups is 2. The topological polar surface area (TPSA) is 133 Å². The van der Waals surface area contributed by atoms with E-state index in [1.54, 1.807) is 38.1 Å². The van der Waals surface area contributed by atoms with Gasteiger partial charge in [0.25, 0.3) is 0 Å². The zero-order chi connectivity index (χ0) is 29.6. The van der Waals surface area contributed by atoms with E-state index in [0.29, 0.717) is 10.6 Å². The second kappa shape index (κ2) is 11.5. The molecule has 3 atom stereocenters. The number of methoxy groups -OCH3 is 1. The van der Waals surface area contributed by atoms with Crippen LogP contribution in [0.25, 0.3) is 0 Å². The van der Waals surface area contributed by atoms with E-state index in [-0.39, 0.29) is 40.6 Å². The van der Waals surface area contributed by atoms with Crippen LogP contribution in [-0.2, 0) is 36.1 Å². The molecule has 0 aromatic heterocycles. The van der Waals surface area contributed by atoms with E-state index in [1.807, 2.05) is 0 Å². The standard InChI is InChI=1S/C25H30Cl2N4O7S2/c1-15(2)29-14-23-30(40(36,37)22-12-18(27)9-10-21(22)38-3)13-19(28-39(4,34)35)24(32)31(23)20(25(29)33)11-16-5-7-17(26)8-6-16/h5-10,12,15,19-20,23,28H,11,13-14H2,1-4H3. The third kappa shape index (κ3) is 6.09. The number of hydrogen-bond acceptors (Lipinski definition) is 7. The first kappa shape index (κ1) is 30.5. The molecule has 0 aliphatic carbocycles. The number of fused-ring (bicyclic) bond motifs is 1. The maximum absolute atomic E-state index is 14.2. The van der Waals surface area contributed by atoms with Crippen molar-refractivity contribution in [3.8, 4) is 5.75 Å². The van der Waals surface area contributed by atoms with Crippen molar-refractivity contribution in [2.24, 2.45) is 0 Å². The third-order valence-corrected chi connectivity index (χ3v) is 9.95. The molecular weight excluding hydrogens is 603 g/mol. The first-order valence-electron chi connectivity index (χ1n) is 12.3. The summed E-state index contributed by atoms with van der Waals surface area (Å²) in [5, 5.41) is 0.623. The summed E-state index contributed by atoms with van der Waals surface area (Å²) >= 11 is 12.2. The van der Waals surface area contributed by atoms with Gasteiger partial charge in [-0.15, -0.1) is 0 Å². The highest BCUT2D eigenvalue weighted by atomic mass is 35.5. The lowest BCUT2D eigenvalue weighted by molar-refractivity contribution is -0.168. The highest BCUT2D eigenvalue weighted by molar-refractivity contribution is 7.89. The smallest absolute Gasteiger partial charge is 0.248 e. The van der Waals surface area contributed by atoms with E-state index in [1.165, 1.54) is 35.1 Å². The van der Waals surface area contributed by atoms with Crippen LogP contribution in [-0.4, -0.2) is 93.5 Å². The number of carbonyl (C=O) groups excluding carboxylic acids is 2. The fraction of sp³-hybridized carbons (Fsp3) is 0.440. The highest BCUT2D eigenvalue weighted by Crippen LogP contribution is 2.36. The van der Waals surface area contributed by atoms with Gasteiger partial charge in [0.1, 0.15) is 28.9 Å². The molecule has 218 valence electrons. The average Bonchev–Trinajstić information content (AvgIpc) is 2.87. The van der Waals surface area contributed by atoms with Crippen molar-refractivity contribution in [1.82, 2.24) is 18.8 Å². The Morgan fingerprint density at radius 3 is 2.17 bits per heavy atom. The van der Waals surface area contributed by atoms with Crippen LogP contribution < -0.4 is 9.46 Å². The first-order valence-corrected chi connectivity index (χ1v) is 16.4. The van der Waals surface area contributed by atoms with Gasteiger partial charge >= 0.3 is 0 Å². The van der Waals surface area contributed by atoms with Gasteiger partial charge in [0.15, 0.2) is 0 Å². The molecule has 0 saturated carbocycles. The van der Waals surface area contributed by atoms with E-state index < -0.39 is 50.7 Å². The van der Waals surface area contributed by atoms with Gasteiger partial charge in [-0.3, -0.25) is 9.59 Å². The Kier molecular flexibility index (Phi) is 8.75. The largest absolute Gasteiger partial charge is 0.495 e. The molecule has 2 amide bonds. The van der Waals surface area contributed by atoms with Crippen LogP contribution in [0.1, 0.15) is 19.4 Å². The maximum atomic E-state index is 14.2. The molecule has 2 fully saturated rings. The van der Waals surface area contributed by atoms with Crippen LogP contribution in [0.4, 0.5) is 0 Å². The van der Waals surface area contributed by atoms with E-state index in [9.17, 15) is 26.4 Å². The van der Waals surface area contributed by atoms with Crippen molar-refractivity contribution < 1.29 is 31.2 Å². The van der Waals surface area contributed by atoms with Crippen LogP contribution in [0.15, 0.2) is 47.4 Å². The highest BCUT2D eigenvalue weighted by Gasteiger charge is 2.54. The van der Waals surface area contributed by atoms with Crippen LogP contribution in [0.3, 0.4) is 0 Å². The Bertz CT molecular complexity index is 1520. The lowest BCUT2D eigenvalue weighted by Crippen LogP contribution is -2.76. The number of nitrogens with zero attached hydrogens (tertiary/aromatic N) is 3. The zero-order valence-electron chi connectivity index (χ0n) is 22.2.